The second-order valence-electron chi connectivity index (χ2n) is 6.07. The Balaban J connectivity index is 1.63. The molecule has 2 aromatic carbocycles. The number of carbonyl (C=O) groups excluding carboxylic acids is 3. The van der Waals surface area contributed by atoms with Crippen molar-refractivity contribution in [2.75, 3.05) is 10.2 Å². The summed E-state index contributed by atoms with van der Waals surface area (Å²) in [4.78, 5) is 38.6. The zero-order valence-corrected chi connectivity index (χ0v) is 14.9. The van der Waals surface area contributed by atoms with Gasteiger partial charge >= 0.3 is 0 Å². The van der Waals surface area contributed by atoms with Crippen molar-refractivity contribution in [3.05, 3.63) is 82.3 Å². The van der Waals surface area contributed by atoms with Gasteiger partial charge < -0.3 is 9.73 Å². The number of rotatable bonds is 3. The molecule has 2 heterocycles. The lowest BCUT2D eigenvalue weighted by molar-refractivity contribution is 0.0924. The van der Waals surface area contributed by atoms with Crippen LogP contribution in [0.1, 0.15) is 36.8 Å². The molecule has 0 bridgehead atoms. The maximum absolute atomic E-state index is 12.7. The number of furan rings is 1. The quantitative estimate of drug-likeness (QED) is 0.687. The summed E-state index contributed by atoms with van der Waals surface area (Å²) in [5.41, 5.74) is 2.24. The van der Waals surface area contributed by atoms with Gasteiger partial charge in [-0.15, -0.1) is 0 Å². The van der Waals surface area contributed by atoms with Crippen LogP contribution in [0.3, 0.4) is 0 Å². The van der Waals surface area contributed by atoms with Crippen LogP contribution in [0.4, 0.5) is 11.4 Å². The number of benzene rings is 2. The molecule has 1 N–H and O–H groups in total. The summed E-state index contributed by atoms with van der Waals surface area (Å²) in [7, 11) is 0. The summed E-state index contributed by atoms with van der Waals surface area (Å²) >= 11 is 5.94. The lowest BCUT2D eigenvalue weighted by Gasteiger charge is -2.17. The summed E-state index contributed by atoms with van der Waals surface area (Å²) in [5.74, 6) is -1.02. The van der Waals surface area contributed by atoms with Gasteiger partial charge in [0.25, 0.3) is 17.7 Å². The monoisotopic (exact) mass is 380 g/mol. The van der Waals surface area contributed by atoms with Crippen LogP contribution < -0.4 is 10.2 Å². The topological polar surface area (TPSA) is 79.6 Å². The zero-order chi connectivity index (χ0) is 19.1. The van der Waals surface area contributed by atoms with E-state index in [4.69, 9.17) is 16.0 Å². The first kappa shape index (κ1) is 17.1. The third-order valence-corrected chi connectivity index (χ3v) is 4.52. The van der Waals surface area contributed by atoms with Crippen LogP contribution in [0.25, 0.3) is 0 Å². The molecule has 7 heteroatoms. The highest BCUT2D eigenvalue weighted by Gasteiger charge is 2.37. The molecular formula is C20H13ClN2O4. The first-order chi connectivity index (χ1) is 13.0. The lowest BCUT2D eigenvalue weighted by Crippen LogP contribution is -2.30. The van der Waals surface area contributed by atoms with Crippen LogP contribution in [0.15, 0.2) is 59.2 Å². The van der Waals surface area contributed by atoms with Gasteiger partial charge in [0, 0.05) is 10.7 Å². The third-order valence-electron chi connectivity index (χ3n) is 4.29. The van der Waals surface area contributed by atoms with Gasteiger partial charge in [-0.05, 0) is 61.0 Å². The van der Waals surface area contributed by atoms with E-state index in [1.54, 1.807) is 49.4 Å². The van der Waals surface area contributed by atoms with Gasteiger partial charge in [-0.3, -0.25) is 14.4 Å². The second kappa shape index (κ2) is 6.41. The lowest BCUT2D eigenvalue weighted by atomic mass is 10.1. The second-order valence-corrected chi connectivity index (χ2v) is 6.50. The zero-order valence-electron chi connectivity index (χ0n) is 14.2. The average molecular weight is 381 g/mol. The minimum atomic E-state index is -0.423. The van der Waals surface area contributed by atoms with Crippen molar-refractivity contribution in [1.82, 2.24) is 0 Å². The number of anilines is 2. The summed E-state index contributed by atoms with van der Waals surface area (Å²) in [6, 6.07) is 12.7. The largest absolute Gasteiger partial charge is 0.459 e. The minimum absolute atomic E-state index is 0.189. The Hall–Kier alpha value is -3.38. The number of nitrogens with zero attached hydrogens (tertiary/aromatic N) is 1. The van der Waals surface area contributed by atoms with Gasteiger partial charge in [0.1, 0.15) is 0 Å². The van der Waals surface area contributed by atoms with E-state index in [1.807, 2.05) is 0 Å². The number of hydrogen-bond donors (Lipinski definition) is 1. The molecule has 1 aromatic heterocycles. The van der Waals surface area contributed by atoms with E-state index < -0.39 is 11.8 Å². The molecule has 3 aromatic rings. The SMILES string of the molecule is Cc1cc(NC(=O)c2ccco2)ccc1N1C(=O)c2ccc(Cl)cc2C1=O. The van der Waals surface area contributed by atoms with E-state index in [-0.39, 0.29) is 17.2 Å². The predicted molar refractivity (Wildman–Crippen MR) is 100 cm³/mol. The number of aryl methyl sites for hydroxylation is 1. The number of nitrogens with one attached hydrogen (secondary N) is 1. The summed E-state index contributed by atoms with van der Waals surface area (Å²) in [6.07, 6.45) is 1.41. The summed E-state index contributed by atoms with van der Waals surface area (Å²) in [6.45, 7) is 1.76. The number of imide groups is 1. The van der Waals surface area contributed by atoms with Gasteiger partial charge in [0.15, 0.2) is 5.76 Å². The predicted octanol–water partition coefficient (Wildman–Crippen LogP) is 4.29. The highest BCUT2D eigenvalue weighted by molar-refractivity contribution is 6.36. The first-order valence-electron chi connectivity index (χ1n) is 8.09. The molecule has 1 aliphatic rings. The Morgan fingerprint density at radius 2 is 1.81 bits per heavy atom. The van der Waals surface area contributed by atoms with Crippen molar-refractivity contribution in [2.45, 2.75) is 6.92 Å². The highest BCUT2D eigenvalue weighted by Crippen LogP contribution is 2.33. The van der Waals surface area contributed by atoms with Crippen LogP contribution in [-0.4, -0.2) is 17.7 Å². The number of halogens is 1. The van der Waals surface area contributed by atoms with Crippen molar-refractivity contribution < 1.29 is 18.8 Å². The molecule has 0 radical (unpaired) electrons. The van der Waals surface area contributed by atoms with Crippen LogP contribution in [0.5, 0.6) is 0 Å². The molecule has 0 saturated carbocycles. The van der Waals surface area contributed by atoms with E-state index in [2.05, 4.69) is 5.32 Å². The molecule has 4 rings (SSSR count). The fraction of sp³-hybridized carbons (Fsp3) is 0.0500. The molecule has 0 spiro atoms. The van der Waals surface area contributed by atoms with E-state index in [0.717, 1.165) is 4.90 Å². The number of fused-ring (bicyclic) bond motifs is 1. The fourth-order valence-electron chi connectivity index (χ4n) is 3.02. The molecule has 0 saturated heterocycles. The average Bonchev–Trinajstić information content (AvgIpc) is 3.25. The van der Waals surface area contributed by atoms with Crippen LogP contribution in [0.2, 0.25) is 5.02 Å². The van der Waals surface area contributed by atoms with Crippen LogP contribution in [0, 0.1) is 6.92 Å². The normalized spacial score (nSPS) is 13.0. The van der Waals surface area contributed by atoms with Crippen molar-refractivity contribution >= 4 is 40.7 Å². The molecule has 134 valence electrons. The fourth-order valence-corrected chi connectivity index (χ4v) is 3.19. The summed E-state index contributed by atoms with van der Waals surface area (Å²) < 4.78 is 5.06. The molecule has 6 nitrogen and oxygen atoms in total. The molecule has 3 amide bonds. The van der Waals surface area contributed by atoms with Crippen molar-refractivity contribution in [3.8, 4) is 0 Å². The number of hydrogen-bond acceptors (Lipinski definition) is 4. The third kappa shape index (κ3) is 2.90. The molecule has 1 aliphatic heterocycles. The van der Waals surface area contributed by atoms with Gasteiger partial charge in [-0.1, -0.05) is 11.6 Å². The first-order valence-corrected chi connectivity index (χ1v) is 8.47. The number of carbonyl (C=O) groups is 3. The number of amides is 3. The molecule has 0 aliphatic carbocycles. The molecule has 0 fully saturated rings. The Morgan fingerprint density at radius 1 is 1.04 bits per heavy atom. The Bertz CT molecular complexity index is 1090. The maximum Gasteiger partial charge on any atom is 0.291 e. The van der Waals surface area contributed by atoms with Gasteiger partial charge in [0.05, 0.1) is 23.1 Å². The van der Waals surface area contributed by atoms with Crippen LogP contribution >= 0.6 is 11.6 Å². The standard InChI is InChI=1S/C20H13ClN2O4/c1-11-9-13(22-18(24)17-3-2-8-27-17)5-7-16(11)23-19(25)14-6-4-12(21)10-15(14)20(23)26/h2-10H,1H3,(H,22,24). The van der Waals surface area contributed by atoms with Gasteiger partial charge in [-0.25, -0.2) is 4.90 Å². The molecule has 0 unspecified atom stereocenters. The minimum Gasteiger partial charge on any atom is -0.459 e. The van der Waals surface area contributed by atoms with Crippen molar-refractivity contribution in [1.29, 1.82) is 0 Å². The van der Waals surface area contributed by atoms with Crippen LogP contribution in [-0.2, 0) is 0 Å². The Kier molecular flexibility index (Phi) is 4.05. The molecular weight excluding hydrogens is 368 g/mol. The van der Waals surface area contributed by atoms with Crippen molar-refractivity contribution in [2.24, 2.45) is 0 Å². The molecule has 27 heavy (non-hydrogen) atoms. The van der Waals surface area contributed by atoms with E-state index in [9.17, 15) is 14.4 Å². The van der Waals surface area contributed by atoms with E-state index in [1.165, 1.54) is 12.3 Å². The van der Waals surface area contributed by atoms with Crippen molar-refractivity contribution in [3.63, 3.8) is 0 Å². The Morgan fingerprint density at radius 3 is 2.52 bits per heavy atom. The van der Waals surface area contributed by atoms with Gasteiger partial charge in [-0.2, -0.15) is 0 Å². The molecule has 0 atom stereocenters. The van der Waals surface area contributed by atoms with E-state index in [0.29, 0.717) is 27.5 Å². The highest BCUT2D eigenvalue weighted by atomic mass is 35.5. The maximum atomic E-state index is 12.7. The smallest absolute Gasteiger partial charge is 0.291 e. The summed E-state index contributed by atoms with van der Waals surface area (Å²) in [5, 5.41) is 3.10. The van der Waals surface area contributed by atoms with Gasteiger partial charge in [0.2, 0.25) is 0 Å². The Labute approximate surface area is 159 Å². The van der Waals surface area contributed by atoms with E-state index >= 15 is 0 Å².